The van der Waals surface area contributed by atoms with Crippen LogP contribution in [0.1, 0.15) is 44.8 Å². The fraction of sp³-hybridized carbons (Fsp3) is 0.600. The zero-order valence-electron chi connectivity index (χ0n) is 11.5. The van der Waals surface area contributed by atoms with E-state index in [4.69, 9.17) is 9.47 Å². The summed E-state index contributed by atoms with van der Waals surface area (Å²) >= 11 is 3.53. The van der Waals surface area contributed by atoms with Crippen molar-refractivity contribution in [3.8, 4) is 11.5 Å². The lowest BCUT2D eigenvalue weighted by atomic mass is 9.91. The lowest BCUT2D eigenvalue weighted by Crippen LogP contribution is -2.12. The molecular weight excluding hydrogens is 308 g/mol. The van der Waals surface area contributed by atoms with E-state index in [1.807, 2.05) is 12.1 Å². The molecule has 3 nitrogen and oxygen atoms in total. The summed E-state index contributed by atoms with van der Waals surface area (Å²) in [6.07, 6.45) is 2.33. The molecule has 0 aliphatic carbocycles. The summed E-state index contributed by atoms with van der Waals surface area (Å²) in [6, 6.07) is 3.81. The van der Waals surface area contributed by atoms with E-state index in [-0.39, 0.29) is 5.92 Å². The van der Waals surface area contributed by atoms with Crippen LogP contribution in [0.25, 0.3) is 0 Å². The minimum Gasteiger partial charge on any atom is -0.490 e. The number of fused-ring (bicyclic) bond motifs is 1. The Hall–Kier alpha value is -0.740. The highest BCUT2D eigenvalue weighted by Crippen LogP contribution is 2.40. The molecule has 4 heteroatoms. The van der Waals surface area contributed by atoms with Crippen LogP contribution >= 0.6 is 15.9 Å². The minimum absolute atomic E-state index is 0.265. The highest BCUT2D eigenvalue weighted by molar-refractivity contribution is 9.10. The van der Waals surface area contributed by atoms with Crippen LogP contribution in [0.3, 0.4) is 0 Å². The molecule has 1 unspecified atom stereocenters. The van der Waals surface area contributed by atoms with E-state index in [0.29, 0.717) is 13.2 Å². The van der Waals surface area contributed by atoms with E-state index >= 15 is 0 Å². The lowest BCUT2D eigenvalue weighted by Gasteiger charge is -2.22. The van der Waals surface area contributed by atoms with Crippen molar-refractivity contribution < 1.29 is 14.6 Å². The minimum atomic E-state index is -0.471. The molecule has 0 aromatic heterocycles. The number of hydrogen-bond acceptors (Lipinski definition) is 3. The molecule has 0 radical (unpaired) electrons. The second-order valence-corrected chi connectivity index (χ2v) is 5.75. The van der Waals surface area contributed by atoms with E-state index in [2.05, 4.69) is 29.8 Å². The van der Waals surface area contributed by atoms with Crippen LogP contribution in [0.15, 0.2) is 16.6 Å². The summed E-state index contributed by atoms with van der Waals surface area (Å²) in [7, 11) is 0. The number of aliphatic hydroxyl groups is 1. The molecule has 1 atom stereocenters. The fourth-order valence-electron chi connectivity index (χ4n) is 2.42. The third kappa shape index (κ3) is 3.23. The Balaban J connectivity index is 2.33. The van der Waals surface area contributed by atoms with Gasteiger partial charge in [0.25, 0.3) is 0 Å². The van der Waals surface area contributed by atoms with Crippen LogP contribution in [0.5, 0.6) is 11.5 Å². The molecule has 0 amide bonds. The second kappa shape index (κ2) is 6.62. The Morgan fingerprint density at radius 3 is 2.32 bits per heavy atom. The molecule has 0 saturated heterocycles. The Labute approximate surface area is 123 Å². The quantitative estimate of drug-likeness (QED) is 0.905. The first-order valence-electron chi connectivity index (χ1n) is 6.94. The molecule has 0 fully saturated rings. The van der Waals surface area contributed by atoms with Crippen molar-refractivity contribution in [1.29, 1.82) is 0 Å². The molecule has 0 bridgehead atoms. The molecule has 1 aliphatic heterocycles. The maximum atomic E-state index is 10.5. The van der Waals surface area contributed by atoms with Gasteiger partial charge >= 0.3 is 0 Å². The molecule has 1 aromatic rings. The summed E-state index contributed by atoms with van der Waals surface area (Å²) < 4.78 is 12.2. The van der Waals surface area contributed by atoms with Crippen molar-refractivity contribution >= 4 is 15.9 Å². The van der Waals surface area contributed by atoms with Gasteiger partial charge in [-0.3, -0.25) is 0 Å². The predicted molar refractivity (Wildman–Crippen MR) is 78.8 cm³/mol. The summed E-state index contributed by atoms with van der Waals surface area (Å²) in [5, 5.41) is 10.5. The van der Waals surface area contributed by atoms with E-state index in [1.54, 1.807) is 0 Å². The lowest BCUT2D eigenvalue weighted by molar-refractivity contribution is 0.102. The van der Waals surface area contributed by atoms with Gasteiger partial charge in [-0.15, -0.1) is 0 Å². The van der Waals surface area contributed by atoms with Crippen molar-refractivity contribution in [2.24, 2.45) is 5.92 Å². The molecule has 1 heterocycles. The van der Waals surface area contributed by atoms with Crippen molar-refractivity contribution in [2.45, 2.75) is 39.2 Å². The molecule has 106 valence electrons. The number of aliphatic hydroxyl groups excluding tert-OH is 1. The predicted octanol–water partition coefficient (Wildman–Crippen LogP) is 4.08. The van der Waals surface area contributed by atoms with Gasteiger partial charge in [0.2, 0.25) is 0 Å². The maximum absolute atomic E-state index is 10.5. The van der Waals surface area contributed by atoms with Gasteiger partial charge in [0, 0.05) is 10.9 Å². The first-order chi connectivity index (χ1) is 9.17. The van der Waals surface area contributed by atoms with Gasteiger partial charge in [-0.1, -0.05) is 42.6 Å². The summed E-state index contributed by atoms with van der Waals surface area (Å²) in [4.78, 5) is 0. The molecule has 2 rings (SSSR count). The molecular formula is C15H21BrO3. The Bertz CT molecular complexity index is 430. The van der Waals surface area contributed by atoms with Crippen LogP contribution in [-0.4, -0.2) is 18.3 Å². The van der Waals surface area contributed by atoms with E-state index in [1.165, 1.54) is 0 Å². The van der Waals surface area contributed by atoms with Gasteiger partial charge in [-0.25, -0.2) is 0 Å². The highest BCUT2D eigenvalue weighted by Gasteiger charge is 2.23. The zero-order chi connectivity index (χ0) is 13.8. The Morgan fingerprint density at radius 2 is 1.74 bits per heavy atom. The molecule has 19 heavy (non-hydrogen) atoms. The van der Waals surface area contributed by atoms with Crippen molar-refractivity contribution in [1.82, 2.24) is 0 Å². The van der Waals surface area contributed by atoms with Gasteiger partial charge < -0.3 is 14.6 Å². The van der Waals surface area contributed by atoms with Crippen LogP contribution in [0.4, 0.5) is 0 Å². The van der Waals surface area contributed by atoms with E-state index in [9.17, 15) is 5.11 Å². The Morgan fingerprint density at radius 1 is 1.16 bits per heavy atom. The average Bonchev–Trinajstić information content (AvgIpc) is 2.63. The van der Waals surface area contributed by atoms with E-state index < -0.39 is 6.10 Å². The average molecular weight is 329 g/mol. The first-order valence-corrected chi connectivity index (χ1v) is 7.73. The number of ether oxygens (including phenoxy) is 2. The molecule has 1 aromatic carbocycles. The molecule has 0 saturated carbocycles. The Kier molecular flexibility index (Phi) is 5.11. The second-order valence-electron chi connectivity index (χ2n) is 4.89. The maximum Gasteiger partial charge on any atom is 0.162 e. The normalized spacial score (nSPS) is 16.3. The number of halogens is 1. The number of hydrogen-bond donors (Lipinski definition) is 1. The standard InChI is InChI=1S/C15H21BrO3/c1-3-10(4-2)15(17)11-8-13-14(9-12(11)16)19-7-5-6-18-13/h8-10,15,17H,3-7H2,1-2H3. The molecule has 1 N–H and O–H groups in total. The first kappa shape index (κ1) is 14.7. The van der Waals surface area contributed by atoms with Gasteiger partial charge in [0.05, 0.1) is 19.3 Å². The molecule has 1 aliphatic rings. The fourth-order valence-corrected chi connectivity index (χ4v) is 2.97. The summed E-state index contributed by atoms with van der Waals surface area (Å²) in [5.74, 6) is 1.76. The smallest absolute Gasteiger partial charge is 0.162 e. The number of benzene rings is 1. The largest absolute Gasteiger partial charge is 0.490 e. The zero-order valence-corrected chi connectivity index (χ0v) is 13.1. The van der Waals surface area contributed by atoms with Gasteiger partial charge in [-0.2, -0.15) is 0 Å². The van der Waals surface area contributed by atoms with Gasteiger partial charge in [0.1, 0.15) is 0 Å². The van der Waals surface area contributed by atoms with Crippen molar-refractivity contribution in [3.63, 3.8) is 0 Å². The third-order valence-corrected chi connectivity index (χ3v) is 4.37. The van der Waals surface area contributed by atoms with Crippen LogP contribution < -0.4 is 9.47 Å². The molecule has 0 spiro atoms. The van der Waals surface area contributed by atoms with Crippen molar-refractivity contribution in [3.05, 3.63) is 22.2 Å². The third-order valence-electron chi connectivity index (χ3n) is 3.68. The SMILES string of the molecule is CCC(CC)C(O)c1cc2c(cc1Br)OCCCO2. The van der Waals surface area contributed by atoms with Crippen LogP contribution in [-0.2, 0) is 0 Å². The summed E-state index contributed by atoms with van der Waals surface area (Å²) in [6.45, 7) is 5.55. The van der Waals surface area contributed by atoms with Crippen LogP contribution in [0, 0.1) is 5.92 Å². The van der Waals surface area contributed by atoms with Gasteiger partial charge in [0.15, 0.2) is 11.5 Å². The van der Waals surface area contributed by atoms with E-state index in [0.717, 1.165) is 40.8 Å². The summed E-state index contributed by atoms with van der Waals surface area (Å²) in [5.41, 5.74) is 0.887. The monoisotopic (exact) mass is 328 g/mol. The van der Waals surface area contributed by atoms with Gasteiger partial charge in [-0.05, 0) is 23.6 Å². The topological polar surface area (TPSA) is 38.7 Å². The van der Waals surface area contributed by atoms with Crippen molar-refractivity contribution in [2.75, 3.05) is 13.2 Å². The highest BCUT2D eigenvalue weighted by atomic mass is 79.9. The number of rotatable bonds is 4. The van der Waals surface area contributed by atoms with Crippen LogP contribution in [0.2, 0.25) is 0 Å².